The van der Waals surface area contributed by atoms with Gasteiger partial charge in [-0.2, -0.15) is 10.2 Å². The summed E-state index contributed by atoms with van der Waals surface area (Å²) in [5.74, 6) is -0.435. The highest BCUT2D eigenvalue weighted by Crippen LogP contribution is 2.46. The van der Waals surface area contributed by atoms with Crippen molar-refractivity contribution in [1.29, 1.82) is 5.26 Å². The lowest BCUT2D eigenvalue weighted by atomic mass is 9.90. The van der Waals surface area contributed by atoms with Crippen LogP contribution in [-0.4, -0.2) is 49.0 Å². The average Bonchev–Trinajstić information content (AvgIpc) is 2.68. The molecule has 1 aliphatic rings. The number of nitriles is 1. The van der Waals surface area contributed by atoms with Gasteiger partial charge in [0, 0.05) is 12.3 Å². The summed E-state index contributed by atoms with van der Waals surface area (Å²) >= 11 is 0. The van der Waals surface area contributed by atoms with E-state index in [0.717, 1.165) is 23.8 Å². The van der Waals surface area contributed by atoms with E-state index in [4.69, 9.17) is 15.2 Å². The van der Waals surface area contributed by atoms with Crippen LogP contribution in [0.5, 0.6) is 0 Å². The molecule has 10 heteroatoms. The van der Waals surface area contributed by atoms with Crippen LogP contribution in [0.15, 0.2) is 17.1 Å². The Morgan fingerprint density at radius 3 is 2.86 bits per heavy atom. The van der Waals surface area contributed by atoms with E-state index < -0.39 is 41.7 Å². The van der Waals surface area contributed by atoms with Crippen LogP contribution in [0, 0.1) is 11.3 Å². The van der Waals surface area contributed by atoms with Gasteiger partial charge < -0.3 is 14.9 Å². The number of hydrogen-bond donors (Lipinski definition) is 4. The van der Waals surface area contributed by atoms with E-state index in [1.54, 1.807) is 11.5 Å². The van der Waals surface area contributed by atoms with Crippen LogP contribution in [-0.2, 0) is 4.74 Å². The number of rotatable bonds is 3. The Morgan fingerprint density at radius 1 is 1.71 bits per heavy atom. The van der Waals surface area contributed by atoms with Crippen molar-refractivity contribution in [1.82, 2.24) is 9.55 Å². The van der Waals surface area contributed by atoms with Crippen LogP contribution in [0.3, 0.4) is 0 Å². The number of alkyl halides is 1. The maximum absolute atomic E-state index is 14.8. The number of aromatic nitrogens is 2. The monoisotopic (exact) mass is 300 g/mol. The van der Waals surface area contributed by atoms with Crippen molar-refractivity contribution in [2.24, 2.45) is 0 Å². The molecule has 4 atom stereocenters. The van der Waals surface area contributed by atoms with Gasteiger partial charge in [-0.1, -0.05) is 0 Å². The number of hydrogen-bond acceptors (Lipinski definition) is 8. The number of ether oxygens (including phenoxy) is 1. The summed E-state index contributed by atoms with van der Waals surface area (Å²) in [5.41, 5.74) is -3.74. The first-order chi connectivity index (χ1) is 9.82. The molecule has 0 aliphatic carbocycles. The second-order valence-electron chi connectivity index (χ2n) is 4.79. The molecule has 0 aromatic carbocycles. The largest absolute Gasteiger partial charge is 0.392 e. The van der Waals surface area contributed by atoms with Gasteiger partial charge in [0.1, 0.15) is 12.2 Å². The van der Waals surface area contributed by atoms with Crippen LogP contribution in [0.2, 0.25) is 0 Å². The lowest BCUT2D eigenvalue weighted by Gasteiger charge is -2.26. The van der Waals surface area contributed by atoms with Crippen molar-refractivity contribution in [3.05, 3.63) is 22.6 Å². The molecule has 1 saturated heterocycles. The molecule has 0 saturated carbocycles. The molecule has 0 unspecified atom stereocenters. The Bertz CT molecular complexity index is 642. The van der Waals surface area contributed by atoms with E-state index >= 15 is 0 Å². The molecule has 114 valence electrons. The summed E-state index contributed by atoms with van der Waals surface area (Å²) in [7, 11) is 0. The van der Waals surface area contributed by atoms with Crippen molar-refractivity contribution in [2.75, 3.05) is 12.1 Å². The van der Waals surface area contributed by atoms with Crippen LogP contribution in [0.1, 0.15) is 13.2 Å². The molecule has 0 bridgehead atoms. The smallest absolute Gasteiger partial charge is 0.274 e. The fourth-order valence-electron chi connectivity index (χ4n) is 2.23. The Kier molecular flexibility index (Phi) is 3.68. The van der Waals surface area contributed by atoms with Crippen molar-refractivity contribution in [3.8, 4) is 6.07 Å². The van der Waals surface area contributed by atoms with Gasteiger partial charge in [0.15, 0.2) is 11.9 Å². The fourth-order valence-corrected chi connectivity index (χ4v) is 2.23. The molecule has 0 amide bonds. The van der Waals surface area contributed by atoms with Crippen LogP contribution in [0.25, 0.3) is 0 Å². The van der Waals surface area contributed by atoms with Gasteiger partial charge in [0.05, 0.1) is 6.61 Å². The van der Waals surface area contributed by atoms with Gasteiger partial charge in [-0.15, -0.1) is 0 Å². The summed E-state index contributed by atoms with van der Waals surface area (Å²) in [6.45, 7) is 0.0343. The number of nitrogens with one attached hydrogen (secondary N) is 1. The summed E-state index contributed by atoms with van der Waals surface area (Å²) in [5, 5.41) is 37.2. The molecule has 9 nitrogen and oxygen atoms in total. The highest BCUT2D eigenvalue weighted by molar-refractivity contribution is 5.26. The van der Waals surface area contributed by atoms with Crippen LogP contribution >= 0.6 is 0 Å². The van der Waals surface area contributed by atoms with Gasteiger partial charge in [-0.3, -0.25) is 14.6 Å². The third-order valence-electron chi connectivity index (χ3n) is 3.40. The highest BCUT2D eigenvalue weighted by atomic mass is 19.1. The summed E-state index contributed by atoms with van der Waals surface area (Å²) in [6.07, 6.45) is -2.47. The quantitative estimate of drug-likeness (QED) is 0.516. The first kappa shape index (κ1) is 15.3. The third-order valence-corrected chi connectivity index (χ3v) is 3.40. The second-order valence-corrected chi connectivity index (χ2v) is 4.79. The third kappa shape index (κ3) is 2.16. The summed E-state index contributed by atoms with van der Waals surface area (Å²) in [6, 6.07) is 2.52. The Balaban J connectivity index is 2.55. The Labute approximate surface area is 117 Å². The van der Waals surface area contributed by atoms with Crippen molar-refractivity contribution in [3.63, 3.8) is 0 Å². The minimum Gasteiger partial charge on any atom is -0.392 e. The molecule has 2 heterocycles. The number of anilines is 1. The molecule has 21 heavy (non-hydrogen) atoms. The maximum Gasteiger partial charge on any atom is 0.274 e. The van der Waals surface area contributed by atoms with Gasteiger partial charge in [-0.05, 0) is 6.92 Å². The predicted molar refractivity (Wildman–Crippen MR) is 65.0 cm³/mol. The maximum atomic E-state index is 14.8. The molecule has 1 aromatic heterocycles. The SMILES string of the molecule is C[C@]1(F)[C@H](n2ccc(=O)nc2NO)O[C@](C#N)(CO)[C@H]1O. The number of halogens is 1. The molecule has 1 aromatic rings. The highest BCUT2D eigenvalue weighted by Gasteiger charge is 2.63. The van der Waals surface area contributed by atoms with E-state index in [0.29, 0.717) is 0 Å². The number of aliphatic hydroxyl groups excluding tert-OH is 2. The first-order valence-corrected chi connectivity index (χ1v) is 5.88. The summed E-state index contributed by atoms with van der Waals surface area (Å²) in [4.78, 5) is 14.5. The van der Waals surface area contributed by atoms with Gasteiger partial charge in [0.2, 0.25) is 11.5 Å². The van der Waals surface area contributed by atoms with Gasteiger partial charge >= 0.3 is 0 Å². The van der Waals surface area contributed by atoms with Crippen LogP contribution < -0.4 is 11.0 Å². The number of nitrogens with zero attached hydrogens (tertiary/aromatic N) is 3. The van der Waals surface area contributed by atoms with E-state index in [1.165, 1.54) is 0 Å². The molecular formula is C11H13FN4O5. The molecule has 0 radical (unpaired) electrons. The van der Waals surface area contributed by atoms with Gasteiger partial charge in [0.25, 0.3) is 5.56 Å². The van der Waals surface area contributed by atoms with Crippen molar-refractivity contribution < 1.29 is 24.5 Å². The van der Waals surface area contributed by atoms with E-state index in [1.807, 2.05) is 0 Å². The predicted octanol–water partition coefficient (Wildman–Crippen LogP) is -1.08. The normalized spacial score (nSPS) is 35.4. The molecule has 1 aliphatic heterocycles. The molecule has 4 N–H and O–H groups in total. The average molecular weight is 300 g/mol. The van der Waals surface area contributed by atoms with E-state index in [-0.39, 0.29) is 0 Å². The zero-order valence-corrected chi connectivity index (χ0v) is 10.9. The second kappa shape index (κ2) is 5.05. The minimum atomic E-state index is -2.49. The van der Waals surface area contributed by atoms with Crippen LogP contribution in [0.4, 0.5) is 10.3 Å². The topological polar surface area (TPSA) is 141 Å². The van der Waals surface area contributed by atoms with Crippen molar-refractivity contribution in [2.45, 2.75) is 30.5 Å². The Morgan fingerprint density at radius 2 is 2.38 bits per heavy atom. The van der Waals surface area contributed by atoms with Crippen molar-refractivity contribution >= 4 is 5.95 Å². The lowest BCUT2D eigenvalue weighted by Crippen LogP contribution is -2.48. The molecular weight excluding hydrogens is 287 g/mol. The van der Waals surface area contributed by atoms with E-state index in [2.05, 4.69) is 4.98 Å². The van der Waals surface area contributed by atoms with Gasteiger partial charge in [-0.25, -0.2) is 9.87 Å². The van der Waals surface area contributed by atoms with E-state index in [9.17, 15) is 19.4 Å². The molecule has 0 spiro atoms. The molecule has 1 fully saturated rings. The lowest BCUT2D eigenvalue weighted by molar-refractivity contribution is -0.0946. The zero-order valence-electron chi connectivity index (χ0n) is 10.9. The Hall–Kier alpha value is -2.06. The standard InChI is InChI=1S/C11H13FN4O5/c1-10(12)7(19)11(4-13,5-17)21-8(10)16-3-2-6(18)14-9(16)15-20/h2-3,7-8,17,19-20H,5H2,1H3,(H,14,15,18)/t7-,8+,10+,11+/m0/s1. The summed E-state index contributed by atoms with van der Waals surface area (Å²) < 4.78 is 20.8. The first-order valence-electron chi connectivity index (χ1n) is 5.88. The minimum absolute atomic E-state index is 0.435. The zero-order chi connectivity index (χ0) is 15.8. The fraction of sp³-hybridized carbons (Fsp3) is 0.545. The molecule has 2 rings (SSSR count). The number of aliphatic hydroxyl groups is 2.